The van der Waals surface area contributed by atoms with Crippen LogP contribution in [-0.4, -0.2) is 31.0 Å². The van der Waals surface area contributed by atoms with Crippen molar-refractivity contribution in [3.05, 3.63) is 64.9 Å². The number of rotatable bonds is 6. The van der Waals surface area contributed by atoms with Crippen molar-refractivity contribution < 1.29 is 35.9 Å². The molecule has 7 nitrogen and oxygen atoms in total. The minimum atomic E-state index is -4.49. The van der Waals surface area contributed by atoms with Crippen molar-refractivity contribution in [2.75, 3.05) is 10.8 Å². The average Bonchev–Trinajstić information content (AvgIpc) is 3.19. The maximum Gasteiger partial charge on any atom is 0.416 e. The number of benzene rings is 2. The van der Waals surface area contributed by atoms with Gasteiger partial charge in [0.2, 0.25) is 5.89 Å². The third-order valence-corrected chi connectivity index (χ3v) is 6.81. The summed E-state index contributed by atoms with van der Waals surface area (Å²) in [7, 11) is -4.20. The van der Waals surface area contributed by atoms with Gasteiger partial charge in [-0.15, -0.1) is 0 Å². The molecule has 0 saturated carbocycles. The minimum Gasteiger partial charge on any atom is -0.478 e. The highest BCUT2D eigenvalue weighted by atomic mass is 32.2. The lowest BCUT2D eigenvalue weighted by atomic mass is 10.0. The van der Waals surface area contributed by atoms with E-state index in [4.69, 9.17) is 4.42 Å². The van der Waals surface area contributed by atoms with E-state index in [2.05, 4.69) is 4.98 Å². The van der Waals surface area contributed by atoms with Crippen LogP contribution in [0.2, 0.25) is 0 Å². The normalized spacial score (nSPS) is 12.1. The van der Waals surface area contributed by atoms with E-state index in [1.165, 1.54) is 18.2 Å². The number of carboxylic acid groups (broad SMARTS) is 1. The number of aromatic carboxylic acids is 1. The molecule has 0 radical (unpaired) electrons. The fourth-order valence-electron chi connectivity index (χ4n) is 3.09. The first-order valence-electron chi connectivity index (χ1n) is 9.36. The van der Waals surface area contributed by atoms with Crippen LogP contribution in [0.3, 0.4) is 0 Å². The highest BCUT2D eigenvalue weighted by molar-refractivity contribution is 7.92. The third-order valence-electron chi connectivity index (χ3n) is 4.95. The molecule has 0 unspecified atom stereocenters. The lowest BCUT2D eigenvalue weighted by Crippen LogP contribution is -2.31. The maximum absolute atomic E-state index is 13.2. The topological polar surface area (TPSA) is 101 Å². The van der Waals surface area contributed by atoms with Crippen molar-refractivity contribution in [3.8, 4) is 11.5 Å². The summed E-state index contributed by atoms with van der Waals surface area (Å²) >= 11 is 0. The van der Waals surface area contributed by atoms with Crippen molar-refractivity contribution in [2.45, 2.75) is 31.8 Å². The fraction of sp³-hybridized carbons (Fsp3) is 0.238. The number of carboxylic acids is 1. The minimum absolute atomic E-state index is 0.0450. The van der Waals surface area contributed by atoms with Crippen molar-refractivity contribution >= 4 is 21.8 Å². The standard InChI is InChI=1S/C21H19F3N2O5S/c1-4-26(32(29,30)16-9-12(2)13(3)17(10-16)20(27)28)18-11-31-19(25-18)14-5-7-15(8-6-14)21(22,23)24/h5-11H,4H2,1-3H3,(H,27,28). The van der Waals surface area contributed by atoms with E-state index in [9.17, 15) is 31.5 Å². The van der Waals surface area contributed by atoms with E-state index >= 15 is 0 Å². The molecule has 0 spiro atoms. The van der Waals surface area contributed by atoms with Crippen molar-refractivity contribution in [3.63, 3.8) is 0 Å². The van der Waals surface area contributed by atoms with Crippen LogP contribution in [-0.2, 0) is 16.2 Å². The Morgan fingerprint density at radius 2 is 1.78 bits per heavy atom. The second kappa shape index (κ2) is 8.30. The van der Waals surface area contributed by atoms with Gasteiger partial charge in [-0.1, -0.05) is 0 Å². The second-order valence-corrected chi connectivity index (χ2v) is 8.84. The largest absolute Gasteiger partial charge is 0.478 e. The number of oxazole rings is 1. The van der Waals surface area contributed by atoms with Gasteiger partial charge in [0.05, 0.1) is 16.0 Å². The molecule has 170 valence electrons. The van der Waals surface area contributed by atoms with E-state index < -0.39 is 27.7 Å². The summed E-state index contributed by atoms with van der Waals surface area (Å²) < 4.78 is 70.9. The summed E-state index contributed by atoms with van der Waals surface area (Å²) in [5, 5.41) is 9.39. The van der Waals surface area contributed by atoms with Crippen LogP contribution in [0.25, 0.3) is 11.5 Å². The number of aryl methyl sites for hydroxylation is 1. The molecule has 1 N–H and O–H groups in total. The molecule has 1 heterocycles. The smallest absolute Gasteiger partial charge is 0.416 e. The quantitative estimate of drug-likeness (QED) is 0.553. The molecule has 0 aliphatic rings. The predicted molar refractivity (Wildman–Crippen MR) is 110 cm³/mol. The maximum atomic E-state index is 13.2. The van der Waals surface area contributed by atoms with Crippen LogP contribution in [0, 0.1) is 13.8 Å². The number of hydrogen-bond donors (Lipinski definition) is 1. The monoisotopic (exact) mass is 468 g/mol. The number of halogens is 3. The Hall–Kier alpha value is -3.34. The molecular weight excluding hydrogens is 449 g/mol. The third kappa shape index (κ3) is 4.33. The van der Waals surface area contributed by atoms with Gasteiger partial charge < -0.3 is 9.52 Å². The van der Waals surface area contributed by atoms with Crippen molar-refractivity contribution in [2.24, 2.45) is 0 Å². The van der Waals surface area contributed by atoms with E-state index in [0.717, 1.165) is 28.8 Å². The Balaban J connectivity index is 1.99. The summed E-state index contributed by atoms with van der Waals surface area (Å²) in [6.45, 7) is 4.70. The van der Waals surface area contributed by atoms with Gasteiger partial charge in [0, 0.05) is 12.1 Å². The first-order chi connectivity index (χ1) is 14.9. The summed E-state index contributed by atoms with van der Waals surface area (Å²) in [4.78, 5) is 15.4. The number of anilines is 1. The van der Waals surface area contributed by atoms with Gasteiger partial charge in [-0.05, 0) is 68.3 Å². The fourth-order valence-corrected chi connectivity index (χ4v) is 4.61. The van der Waals surface area contributed by atoms with Gasteiger partial charge in [-0.2, -0.15) is 18.2 Å². The van der Waals surface area contributed by atoms with E-state index in [0.29, 0.717) is 11.1 Å². The van der Waals surface area contributed by atoms with Gasteiger partial charge in [-0.3, -0.25) is 0 Å². The molecule has 1 aromatic heterocycles. The van der Waals surface area contributed by atoms with Gasteiger partial charge >= 0.3 is 12.1 Å². The zero-order chi connectivity index (χ0) is 23.8. The molecule has 32 heavy (non-hydrogen) atoms. The summed E-state index contributed by atoms with van der Waals surface area (Å²) in [5.41, 5.74) is 0.202. The summed E-state index contributed by atoms with van der Waals surface area (Å²) in [6, 6.07) is 6.54. The van der Waals surface area contributed by atoms with Crippen LogP contribution in [0.1, 0.15) is 34.0 Å². The zero-order valence-corrected chi connectivity index (χ0v) is 18.1. The lowest BCUT2D eigenvalue weighted by Gasteiger charge is -2.21. The Kier molecular flexibility index (Phi) is 6.05. The van der Waals surface area contributed by atoms with Crippen molar-refractivity contribution in [1.82, 2.24) is 4.98 Å². The van der Waals surface area contributed by atoms with Crippen LogP contribution in [0.4, 0.5) is 19.0 Å². The molecule has 0 aliphatic heterocycles. The number of aromatic nitrogens is 1. The molecule has 0 saturated heterocycles. The Labute approximate surface area is 182 Å². The molecule has 0 fully saturated rings. The Bertz CT molecular complexity index is 1270. The van der Waals surface area contributed by atoms with Gasteiger partial charge in [0.1, 0.15) is 6.26 Å². The van der Waals surface area contributed by atoms with Gasteiger partial charge in [0.15, 0.2) is 5.82 Å². The SMILES string of the molecule is CCN(c1coc(-c2ccc(C(F)(F)F)cc2)n1)S(=O)(=O)c1cc(C)c(C)c(C(=O)O)c1. The number of carbonyl (C=O) groups is 1. The summed E-state index contributed by atoms with van der Waals surface area (Å²) in [5.74, 6) is -1.40. The predicted octanol–water partition coefficient (Wildman–Crippen LogP) is 4.89. The Morgan fingerprint density at radius 1 is 1.16 bits per heavy atom. The highest BCUT2D eigenvalue weighted by Gasteiger charge is 2.31. The molecule has 0 aliphatic carbocycles. The van der Waals surface area contributed by atoms with E-state index in [1.54, 1.807) is 20.8 Å². The Morgan fingerprint density at radius 3 is 2.31 bits per heavy atom. The van der Waals surface area contributed by atoms with E-state index in [1.807, 2.05) is 0 Å². The zero-order valence-electron chi connectivity index (χ0n) is 17.3. The van der Waals surface area contributed by atoms with Gasteiger partial charge in [0.25, 0.3) is 10.0 Å². The second-order valence-electron chi connectivity index (χ2n) is 6.97. The van der Waals surface area contributed by atoms with Crippen LogP contribution >= 0.6 is 0 Å². The van der Waals surface area contributed by atoms with Crippen molar-refractivity contribution in [1.29, 1.82) is 0 Å². The lowest BCUT2D eigenvalue weighted by molar-refractivity contribution is -0.137. The number of sulfonamides is 1. The van der Waals surface area contributed by atoms with Crippen LogP contribution < -0.4 is 4.31 Å². The first-order valence-corrected chi connectivity index (χ1v) is 10.8. The molecular formula is C21H19F3N2O5S. The number of hydrogen-bond acceptors (Lipinski definition) is 5. The summed E-state index contributed by atoms with van der Waals surface area (Å²) in [6.07, 6.45) is -3.42. The molecule has 0 bridgehead atoms. The molecule has 2 aromatic carbocycles. The average molecular weight is 468 g/mol. The van der Waals surface area contributed by atoms with Crippen LogP contribution in [0.5, 0.6) is 0 Å². The van der Waals surface area contributed by atoms with Gasteiger partial charge in [-0.25, -0.2) is 17.5 Å². The van der Waals surface area contributed by atoms with Crippen LogP contribution in [0.15, 0.2) is 52.0 Å². The molecule has 3 aromatic rings. The number of alkyl halides is 3. The van der Waals surface area contributed by atoms with E-state index in [-0.39, 0.29) is 34.3 Å². The highest BCUT2D eigenvalue weighted by Crippen LogP contribution is 2.32. The molecule has 0 atom stereocenters. The first kappa shape index (κ1) is 23.3. The molecule has 0 amide bonds. The number of nitrogens with zero attached hydrogens (tertiary/aromatic N) is 2. The molecule has 3 rings (SSSR count). The molecule has 11 heteroatoms.